The van der Waals surface area contributed by atoms with Gasteiger partial charge in [-0.2, -0.15) is 0 Å². The minimum absolute atomic E-state index is 0.122. The van der Waals surface area contributed by atoms with Crippen LogP contribution >= 0.6 is 0 Å². The molecule has 0 radical (unpaired) electrons. The second-order valence-corrected chi connectivity index (χ2v) is 8.28. The number of aromatic nitrogens is 3. The van der Waals surface area contributed by atoms with Crippen LogP contribution in [-0.4, -0.2) is 9.97 Å². The molecular weight excluding hydrogens is 354 g/mol. The fourth-order valence-corrected chi connectivity index (χ4v) is 5.32. The van der Waals surface area contributed by atoms with Crippen molar-refractivity contribution < 1.29 is 4.57 Å². The molecule has 2 bridgehead atoms. The van der Waals surface area contributed by atoms with Gasteiger partial charge in [0.25, 0.3) is 0 Å². The predicted octanol–water partition coefficient (Wildman–Crippen LogP) is 4.57. The highest BCUT2D eigenvalue weighted by atomic mass is 14.9. The minimum atomic E-state index is 0.122. The molecule has 3 heteroatoms. The normalized spacial score (nSPS) is 18.2. The molecule has 7 rings (SSSR count). The van der Waals surface area contributed by atoms with E-state index < -0.39 is 0 Å². The van der Waals surface area contributed by atoms with E-state index >= 15 is 0 Å². The van der Waals surface area contributed by atoms with Crippen LogP contribution in [0.1, 0.15) is 56.6 Å². The molecule has 2 heterocycles. The van der Waals surface area contributed by atoms with E-state index in [0.717, 1.165) is 11.4 Å². The molecule has 3 aliphatic rings. The number of benzene rings is 2. The monoisotopic (exact) mass is 376 g/mol. The van der Waals surface area contributed by atoms with Crippen molar-refractivity contribution in [1.82, 2.24) is 9.97 Å². The van der Waals surface area contributed by atoms with Gasteiger partial charge in [0, 0.05) is 29.6 Å². The van der Waals surface area contributed by atoms with Gasteiger partial charge >= 0.3 is 0 Å². The molecule has 4 aromatic rings. The third kappa shape index (κ3) is 2.16. The van der Waals surface area contributed by atoms with Crippen molar-refractivity contribution in [3.63, 3.8) is 0 Å². The van der Waals surface area contributed by atoms with Gasteiger partial charge in [0.05, 0.1) is 23.2 Å². The SMILES string of the molecule is Cc1ccc2c(c1)C1c3cc[n+](C)c(-c4ccccc4C)c3C2c2nccnc21. The first-order valence-corrected chi connectivity index (χ1v) is 10.1. The van der Waals surface area contributed by atoms with E-state index in [4.69, 9.17) is 9.97 Å². The third-order valence-corrected chi connectivity index (χ3v) is 6.56. The second-order valence-electron chi connectivity index (χ2n) is 8.28. The Morgan fingerprint density at radius 1 is 0.793 bits per heavy atom. The second kappa shape index (κ2) is 5.84. The lowest BCUT2D eigenvalue weighted by Gasteiger charge is -2.40. The molecule has 140 valence electrons. The van der Waals surface area contributed by atoms with E-state index in [1.165, 1.54) is 44.6 Å². The maximum atomic E-state index is 4.84. The van der Waals surface area contributed by atoms with Crippen LogP contribution in [0.25, 0.3) is 11.3 Å². The van der Waals surface area contributed by atoms with E-state index in [1.807, 2.05) is 12.4 Å². The molecular formula is C26H22N3+. The zero-order valence-corrected chi connectivity index (χ0v) is 16.8. The van der Waals surface area contributed by atoms with E-state index in [-0.39, 0.29) is 11.8 Å². The quantitative estimate of drug-likeness (QED) is 0.393. The highest BCUT2D eigenvalue weighted by Gasteiger charge is 2.46. The molecule has 0 spiro atoms. The average Bonchev–Trinajstić information content (AvgIpc) is 2.74. The summed E-state index contributed by atoms with van der Waals surface area (Å²) in [7, 11) is 2.15. The molecule has 3 aliphatic carbocycles. The van der Waals surface area contributed by atoms with Crippen molar-refractivity contribution in [1.29, 1.82) is 0 Å². The number of nitrogens with zero attached hydrogens (tertiary/aromatic N) is 3. The number of hydrogen-bond acceptors (Lipinski definition) is 2. The Morgan fingerprint density at radius 2 is 1.55 bits per heavy atom. The van der Waals surface area contributed by atoms with E-state index in [1.54, 1.807) is 0 Å². The van der Waals surface area contributed by atoms with Crippen LogP contribution in [0.15, 0.2) is 67.1 Å². The maximum Gasteiger partial charge on any atom is 0.217 e. The Bertz CT molecular complexity index is 1310. The fraction of sp³-hybridized carbons (Fsp3) is 0.192. The lowest BCUT2D eigenvalue weighted by molar-refractivity contribution is -0.660. The van der Waals surface area contributed by atoms with Crippen LogP contribution in [0, 0.1) is 13.8 Å². The molecule has 2 unspecified atom stereocenters. The van der Waals surface area contributed by atoms with Crippen LogP contribution < -0.4 is 4.57 Å². The molecule has 2 atom stereocenters. The van der Waals surface area contributed by atoms with Gasteiger partial charge in [0.2, 0.25) is 5.69 Å². The van der Waals surface area contributed by atoms with Gasteiger partial charge in [-0.05, 0) is 42.2 Å². The van der Waals surface area contributed by atoms with Crippen molar-refractivity contribution in [2.45, 2.75) is 25.7 Å². The summed E-state index contributed by atoms with van der Waals surface area (Å²) >= 11 is 0. The molecule has 2 aromatic heterocycles. The van der Waals surface area contributed by atoms with Crippen molar-refractivity contribution in [3.8, 4) is 11.3 Å². The Balaban J connectivity index is 1.74. The first kappa shape index (κ1) is 16.6. The molecule has 0 N–H and O–H groups in total. The zero-order chi connectivity index (χ0) is 19.7. The van der Waals surface area contributed by atoms with Crippen LogP contribution in [0.4, 0.5) is 0 Å². The molecule has 0 amide bonds. The smallest absolute Gasteiger partial charge is 0.217 e. The van der Waals surface area contributed by atoms with Crippen LogP contribution in [-0.2, 0) is 7.05 Å². The van der Waals surface area contributed by atoms with Gasteiger partial charge < -0.3 is 0 Å². The van der Waals surface area contributed by atoms with E-state index in [2.05, 4.69) is 80.2 Å². The fourth-order valence-electron chi connectivity index (χ4n) is 5.32. The lowest BCUT2D eigenvalue weighted by atomic mass is 9.63. The Labute approximate surface area is 170 Å². The summed E-state index contributed by atoms with van der Waals surface area (Å²) in [4.78, 5) is 9.64. The molecule has 3 nitrogen and oxygen atoms in total. The molecule has 29 heavy (non-hydrogen) atoms. The number of hydrogen-bond donors (Lipinski definition) is 0. The maximum absolute atomic E-state index is 4.84. The van der Waals surface area contributed by atoms with Crippen LogP contribution in [0.5, 0.6) is 0 Å². The van der Waals surface area contributed by atoms with Crippen molar-refractivity contribution in [3.05, 3.63) is 112 Å². The molecule has 0 aliphatic heterocycles. The first-order chi connectivity index (χ1) is 14.1. The summed E-state index contributed by atoms with van der Waals surface area (Å²) in [6.45, 7) is 4.37. The Kier molecular flexibility index (Phi) is 3.34. The summed E-state index contributed by atoms with van der Waals surface area (Å²) in [5, 5.41) is 0. The predicted molar refractivity (Wildman–Crippen MR) is 113 cm³/mol. The molecule has 0 saturated heterocycles. The number of aryl methyl sites for hydroxylation is 3. The Morgan fingerprint density at radius 3 is 2.34 bits per heavy atom. The van der Waals surface area contributed by atoms with Crippen molar-refractivity contribution in [2.75, 3.05) is 0 Å². The standard InChI is InChI=1S/C26H22N3/c1-15-8-9-18-20(14-15)21-19-10-13-29(3)26(17-7-5-4-6-16(17)2)23(19)22(18)25-24(21)27-11-12-28-25/h4-14,21-22H,1-3H3/q+1. The third-order valence-electron chi connectivity index (χ3n) is 6.56. The van der Waals surface area contributed by atoms with E-state index in [0.29, 0.717) is 0 Å². The van der Waals surface area contributed by atoms with Crippen LogP contribution in [0.3, 0.4) is 0 Å². The van der Waals surface area contributed by atoms with Gasteiger partial charge in [-0.15, -0.1) is 0 Å². The average molecular weight is 376 g/mol. The van der Waals surface area contributed by atoms with Gasteiger partial charge in [0.1, 0.15) is 7.05 Å². The highest BCUT2D eigenvalue weighted by Crippen LogP contribution is 2.56. The van der Waals surface area contributed by atoms with Gasteiger partial charge in [-0.1, -0.05) is 42.0 Å². The van der Waals surface area contributed by atoms with Crippen molar-refractivity contribution in [2.24, 2.45) is 7.05 Å². The van der Waals surface area contributed by atoms with Crippen molar-refractivity contribution >= 4 is 0 Å². The largest absolute Gasteiger partial charge is 0.257 e. The van der Waals surface area contributed by atoms with Crippen LogP contribution in [0.2, 0.25) is 0 Å². The zero-order valence-electron chi connectivity index (χ0n) is 16.8. The van der Waals surface area contributed by atoms with Gasteiger partial charge in [0.15, 0.2) is 6.20 Å². The minimum Gasteiger partial charge on any atom is -0.257 e. The lowest BCUT2D eigenvalue weighted by Crippen LogP contribution is -2.38. The summed E-state index contributed by atoms with van der Waals surface area (Å²) in [5.41, 5.74) is 12.9. The topological polar surface area (TPSA) is 29.7 Å². The number of pyridine rings is 1. The summed E-state index contributed by atoms with van der Waals surface area (Å²) < 4.78 is 2.27. The highest BCUT2D eigenvalue weighted by molar-refractivity contribution is 5.74. The summed E-state index contributed by atoms with van der Waals surface area (Å²) in [5.74, 6) is 0.272. The molecule has 0 fully saturated rings. The first-order valence-electron chi connectivity index (χ1n) is 10.1. The molecule has 2 aromatic carbocycles. The summed E-state index contributed by atoms with van der Waals surface area (Å²) in [6.07, 6.45) is 5.87. The van der Waals surface area contributed by atoms with Gasteiger partial charge in [-0.3, -0.25) is 9.97 Å². The number of rotatable bonds is 1. The Hall–Kier alpha value is -3.33. The van der Waals surface area contributed by atoms with Gasteiger partial charge in [-0.25, -0.2) is 4.57 Å². The summed E-state index contributed by atoms with van der Waals surface area (Å²) in [6, 6.07) is 17.8. The molecule has 0 saturated carbocycles. The van der Waals surface area contributed by atoms with E-state index in [9.17, 15) is 0 Å².